The van der Waals surface area contributed by atoms with Gasteiger partial charge in [-0.05, 0) is 30.0 Å². The number of aliphatic carboxylic acids is 1. The molecule has 0 spiro atoms. The minimum absolute atomic E-state index is 0.0275. The molecule has 3 atom stereocenters. The maximum atomic E-state index is 12.4. The van der Waals surface area contributed by atoms with Gasteiger partial charge in [-0.3, -0.25) is 9.59 Å². The van der Waals surface area contributed by atoms with E-state index >= 15 is 0 Å². The fourth-order valence-corrected chi connectivity index (χ4v) is 3.56. The highest BCUT2D eigenvalue weighted by atomic mass is 16.7. The maximum absolute atomic E-state index is 12.4. The molecule has 1 aliphatic carbocycles. The molecule has 4 rings (SSSR count). The highest BCUT2D eigenvalue weighted by Crippen LogP contribution is 2.43. The Kier molecular flexibility index (Phi) is 2.85. The number of allylic oxidation sites excluding steroid dienone is 1. The number of carboxylic acids is 1. The molecule has 2 heterocycles. The van der Waals surface area contributed by atoms with E-state index in [-0.39, 0.29) is 37.0 Å². The summed E-state index contributed by atoms with van der Waals surface area (Å²) in [5.74, 6) is 0.0653. The van der Waals surface area contributed by atoms with Crippen molar-refractivity contribution in [3.8, 4) is 11.5 Å². The fraction of sp³-hybridized carbons (Fsp3) is 0.375. The minimum Gasteiger partial charge on any atom is -0.481 e. The molecule has 1 aromatic carbocycles. The second-order valence-corrected chi connectivity index (χ2v) is 5.84. The molecular formula is C16H15NO5. The zero-order valence-electron chi connectivity index (χ0n) is 11.7. The number of carbonyl (C=O) groups excluding carboxylic acids is 1. The first-order valence-electron chi connectivity index (χ1n) is 7.26. The fourth-order valence-electron chi connectivity index (χ4n) is 3.56. The molecule has 0 saturated carbocycles. The van der Waals surface area contributed by atoms with Crippen LogP contribution in [-0.2, 0) is 4.79 Å². The smallest absolute Gasteiger partial charge is 0.303 e. The number of carboxylic acid groups (broad SMARTS) is 1. The average Bonchev–Trinajstić information content (AvgIpc) is 2.93. The Hall–Kier alpha value is -2.50. The molecule has 6 heteroatoms. The van der Waals surface area contributed by atoms with Crippen molar-refractivity contribution in [2.45, 2.75) is 24.8 Å². The monoisotopic (exact) mass is 301 g/mol. The Labute approximate surface area is 126 Å². The number of ether oxygens (including phenoxy) is 2. The Morgan fingerprint density at radius 3 is 2.86 bits per heavy atom. The molecular weight excluding hydrogens is 286 g/mol. The van der Waals surface area contributed by atoms with Crippen LogP contribution in [0.2, 0.25) is 0 Å². The molecule has 114 valence electrons. The van der Waals surface area contributed by atoms with Gasteiger partial charge in [-0.25, -0.2) is 0 Å². The topological polar surface area (TPSA) is 84.9 Å². The molecule has 0 aromatic heterocycles. The van der Waals surface area contributed by atoms with Crippen molar-refractivity contribution in [2.24, 2.45) is 5.92 Å². The lowest BCUT2D eigenvalue weighted by Crippen LogP contribution is -2.49. The van der Waals surface area contributed by atoms with Crippen molar-refractivity contribution in [3.05, 3.63) is 35.4 Å². The molecule has 0 radical (unpaired) electrons. The Morgan fingerprint density at radius 1 is 1.32 bits per heavy atom. The van der Waals surface area contributed by atoms with Gasteiger partial charge in [0.05, 0.1) is 6.42 Å². The van der Waals surface area contributed by atoms with Crippen molar-refractivity contribution >= 4 is 11.9 Å². The number of rotatable bonds is 2. The number of hydrogen-bond donors (Lipinski definition) is 2. The average molecular weight is 301 g/mol. The number of benzene rings is 1. The molecule has 2 N–H and O–H groups in total. The summed E-state index contributed by atoms with van der Waals surface area (Å²) in [5.41, 5.74) is 1.45. The van der Waals surface area contributed by atoms with Gasteiger partial charge < -0.3 is 19.9 Å². The lowest BCUT2D eigenvalue weighted by Gasteiger charge is -2.39. The Bertz CT molecular complexity index is 696. The second-order valence-electron chi connectivity index (χ2n) is 5.84. The van der Waals surface area contributed by atoms with Gasteiger partial charge in [-0.2, -0.15) is 0 Å². The SMILES string of the molecule is O=C(O)CC1CC=C[C@H]2c3cc4c(cc3C(=O)NC12)OCO4. The van der Waals surface area contributed by atoms with Crippen LogP contribution in [0, 0.1) is 5.92 Å². The van der Waals surface area contributed by atoms with Crippen molar-refractivity contribution in [2.75, 3.05) is 6.79 Å². The predicted molar refractivity (Wildman–Crippen MR) is 76.1 cm³/mol. The van der Waals surface area contributed by atoms with Gasteiger partial charge in [0.2, 0.25) is 6.79 Å². The summed E-state index contributed by atoms with van der Waals surface area (Å²) in [6.45, 7) is 0.158. The van der Waals surface area contributed by atoms with Gasteiger partial charge in [-0.1, -0.05) is 12.2 Å². The van der Waals surface area contributed by atoms with Crippen LogP contribution >= 0.6 is 0 Å². The molecule has 3 aliphatic rings. The standard InChI is InChI=1S/C16H15NO5/c18-14(19)4-8-2-1-3-9-10-5-12-13(22-7-21-12)6-11(10)16(20)17-15(8)9/h1,3,5-6,8-9,15H,2,4,7H2,(H,17,20)(H,18,19)/t8?,9-,15?/m0/s1. The molecule has 0 fully saturated rings. The third-order valence-electron chi connectivity index (χ3n) is 4.56. The number of hydrogen-bond acceptors (Lipinski definition) is 4. The number of nitrogens with one attached hydrogen (secondary N) is 1. The van der Waals surface area contributed by atoms with Crippen LogP contribution in [0.4, 0.5) is 0 Å². The summed E-state index contributed by atoms with van der Waals surface area (Å²) in [6, 6.07) is 3.36. The molecule has 6 nitrogen and oxygen atoms in total. The van der Waals surface area contributed by atoms with E-state index in [0.29, 0.717) is 23.5 Å². The van der Waals surface area contributed by atoms with Gasteiger partial charge in [0.1, 0.15) is 0 Å². The van der Waals surface area contributed by atoms with E-state index < -0.39 is 5.97 Å². The van der Waals surface area contributed by atoms with E-state index in [4.69, 9.17) is 14.6 Å². The summed E-state index contributed by atoms with van der Waals surface area (Å²) < 4.78 is 10.7. The van der Waals surface area contributed by atoms with E-state index in [9.17, 15) is 9.59 Å². The molecule has 1 amide bonds. The van der Waals surface area contributed by atoms with Crippen LogP contribution in [0.25, 0.3) is 0 Å². The number of fused-ring (bicyclic) bond motifs is 4. The van der Waals surface area contributed by atoms with Gasteiger partial charge in [0.15, 0.2) is 11.5 Å². The highest BCUT2D eigenvalue weighted by Gasteiger charge is 2.40. The predicted octanol–water partition coefficient (Wildman–Crippen LogP) is 1.66. The van der Waals surface area contributed by atoms with Crippen LogP contribution in [0.3, 0.4) is 0 Å². The highest BCUT2D eigenvalue weighted by molar-refractivity contribution is 5.98. The first-order chi connectivity index (χ1) is 10.6. The third kappa shape index (κ3) is 1.94. The summed E-state index contributed by atoms with van der Waals surface area (Å²) in [4.78, 5) is 23.4. The van der Waals surface area contributed by atoms with E-state index in [1.54, 1.807) is 6.07 Å². The van der Waals surface area contributed by atoms with Crippen molar-refractivity contribution in [1.29, 1.82) is 0 Å². The third-order valence-corrected chi connectivity index (χ3v) is 4.56. The van der Waals surface area contributed by atoms with E-state index in [1.165, 1.54) is 0 Å². The summed E-state index contributed by atoms with van der Waals surface area (Å²) >= 11 is 0. The zero-order chi connectivity index (χ0) is 15.3. The van der Waals surface area contributed by atoms with Crippen LogP contribution in [0.1, 0.15) is 34.7 Å². The van der Waals surface area contributed by atoms with E-state index in [1.807, 2.05) is 18.2 Å². The maximum Gasteiger partial charge on any atom is 0.303 e. The van der Waals surface area contributed by atoms with Gasteiger partial charge >= 0.3 is 5.97 Å². The van der Waals surface area contributed by atoms with Crippen LogP contribution < -0.4 is 14.8 Å². The largest absolute Gasteiger partial charge is 0.481 e. The van der Waals surface area contributed by atoms with Crippen molar-refractivity contribution < 1.29 is 24.2 Å². The van der Waals surface area contributed by atoms with Crippen molar-refractivity contribution in [1.82, 2.24) is 5.32 Å². The second kappa shape index (κ2) is 4.76. The first kappa shape index (κ1) is 13.2. The van der Waals surface area contributed by atoms with Gasteiger partial charge in [-0.15, -0.1) is 0 Å². The van der Waals surface area contributed by atoms with Crippen LogP contribution in [0.15, 0.2) is 24.3 Å². The van der Waals surface area contributed by atoms with Gasteiger partial charge in [0, 0.05) is 17.5 Å². The quantitative estimate of drug-likeness (QED) is 0.812. The lowest BCUT2D eigenvalue weighted by molar-refractivity contribution is -0.138. The summed E-state index contributed by atoms with van der Waals surface area (Å²) in [7, 11) is 0. The number of amides is 1. The summed E-state index contributed by atoms with van der Waals surface area (Å²) in [5, 5.41) is 12.0. The van der Waals surface area contributed by atoms with Crippen molar-refractivity contribution in [3.63, 3.8) is 0 Å². The van der Waals surface area contributed by atoms with E-state index in [2.05, 4.69) is 5.32 Å². The van der Waals surface area contributed by atoms with Crippen LogP contribution in [-0.4, -0.2) is 29.8 Å². The van der Waals surface area contributed by atoms with Gasteiger partial charge in [0.25, 0.3) is 5.91 Å². The minimum atomic E-state index is -0.843. The molecule has 2 unspecified atom stereocenters. The Morgan fingerprint density at radius 2 is 2.09 bits per heavy atom. The first-order valence-corrected chi connectivity index (χ1v) is 7.26. The molecule has 22 heavy (non-hydrogen) atoms. The molecule has 2 aliphatic heterocycles. The molecule has 1 aromatic rings. The molecule has 0 bridgehead atoms. The Balaban J connectivity index is 1.77. The lowest BCUT2D eigenvalue weighted by atomic mass is 9.73. The zero-order valence-corrected chi connectivity index (χ0v) is 11.7. The number of carbonyl (C=O) groups is 2. The van der Waals surface area contributed by atoms with Crippen LogP contribution in [0.5, 0.6) is 11.5 Å². The summed E-state index contributed by atoms with van der Waals surface area (Å²) in [6.07, 6.45) is 4.75. The van der Waals surface area contributed by atoms with E-state index in [0.717, 1.165) is 5.56 Å². The normalized spacial score (nSPS) is 27.8. The molecule has 0 saturated heterocycles.